The predicted octanol–water partition coefficient (Wildman–Crippen LogP) is 3.05. The summed E-state index contributed by atoms with van der Waals surface area (Å²) >= 11 is 6.13. The molecule has 1 N–H and O–H groups in total. The van der Waals surface area contributed by atoms with E-state index in [2.05, 4.69) is 10.1 Å². The first-order valence-corrected chi connectivity index (χ1v) is 10.9. The summed E-state index contributed by atoms with van der Waals surface area (Å²) in [6, 6.07) is 1.77. The van der Waals surface area contributed by atoms with Gasteiger partial charge in [-0.05, 0) is 32.3 Å². The molecule has 0 bridgehead atoms. The number of nitrogens with zero attached hydrogens (tertiary/aromatic N) is 5. The molecule has 0 atom stereocenters. The summed E-state index contributed by atoms with van der Waals surface area (Å²) in [5.41, 5.74) is 1.17. The molecule has 0 aromatic carbocycles. The molecular formula is C21H28ClN5O4. The van der Waals surface area contributed by atoms with Crippen LogP contribution in [0.2, 0.25) is 5.15 Å². The molecule has 0 spiro atoms. The van der Waals surface area contributed by atoms with Gasteiger partial charge < -0.3 is 19.6 Å². The summed E-state index contributed by atoms with van der Waals surface area (Å²) in [6.45, 7) is 8.80. The van der Waals surface area contributed by atoms with E-state index in [4.69, 9.17) is 16.3 Å². The van der Waals surface area contributed by atoms with Gasteiger partial charge in [0.15, 0.2) is 5.65 Å². The van der Waals surface area contributed by atoms with E-state index in [1.54, 1.807) is 26.6 Å². The van der Waals surface area contributed by atoms with E-state index in [0.717, 1.165) is 12.0 Å². The molecule has 0 radical (unpaired) electrons. The zero-order chi connectivity index (χ0) is 22.6. The van der Waals surface area contributed by atoms with Crippen molar-refractivity contribution in [2.45, 2.75) is 64.2 Å². The van der Waals surface area contributed by atoms with Crippen LogP contribution in [0.25, 0.3) is 5.65 Å². The van der Waals surface area contributed by atoms with Gasteiger partial charge in [-0.1, -0.05) is 25.4 Å². The topological polar surface area (TPSA) is 100 Å². The number of aliphatic hydroxyl groups is 1. The number of hydrogen-bond donors (Lipinski definition) is 1. The molecule has 9 nitrogen and oxygen atoms in total. The van der Waals surface area contributed by atoms with Crippen LogP contribution in [0.15, 0.2) is 12.3 Å². The van der Waals surface area contributed by atoms with Gasteiger partial charge in [0, 0.05) is 38.0 Å². The lowest BCUT2D eigenvalue weighted by Crippen LogP contribution is -2.62. The summed E-state index contributed by atoms with van der Waals surface area (Å²) in [7, 11) is 0. The highest BCUT2D eigenvalue weighted by atomic mass is 35.5. The Morgan fingerprint density at radius 2 is 1.97 bits per heavy atom. The largest absolute Gasteiger partial charge is 0.417 e. The fraction of sp³-hybridized carbons (Fsp3) is 0.619. The predicted molar refractivity (Wildman–Crippen MR) is 114 cm³/mol. The second-order valence-electron chi connectivity index (χ2n) is 9.33. The van der Waals surface area contributed by atoms with Crippen LogP contribution in [0.1, 0.15) is 68.9 Å². The third-order valence-electron chi connectivity index (χ3n) is 6.08. The molecule has 0 unspecified atom stereocenters. The Hall–Kier alpha value is -2.39. The first-order chi connectivity index (χ1) is 14.5. The zero-order valence-electron chi connectivity index (χ0n) is 18.3. The second kappa shape index (κ2) is 7.63. The van der Waals surface area contributed by atoms with E-state index < -0.39 is 17.4 Å². The van der Waals surface area contributed by atoms with Gasteiger partial charge in [-0.2, -0.15) is 5.10 Å². The fourth-order valence-electron chi connectivity index (χ4n) is 4.13. The van der Waals surface area contributed by atoms with Crippen LogP contribution in [0.5, 0.6) is 0 Å². The minimum Gasteiger partial charge on any atom is -0.417 e. The zero-order valence-corrected chi connectivity index (χ0v) is 19.0. The van der Waals surface area contributed by atoms with Crippen LogP contribution in [-0.4, -0.2) is 72.5 Å². The van der Waals surface area contributed by atoms with Crippen molar-refractivity contribution < 1.29 is 19.4 Å². The van der Waals surface area contributed by atoms with Gasteiger partial charge in [0.05, 0.1) is 11.7 Å². The molecule has 31 heavy (non-hydrogen) atoms. The third kappa shape index (κ3) is 4.08. The molecule has 2 aliphatic rings. The number of fused-ring (bicyclic) bond motifs is 1. The average molecular weight is 450 g/mol. The van der Waals surface area contributed by atoms with E-state index in [1.807, 2.05) is 27.7 Å². The van der Waals surface area contributed by atoms with E-state index in [1.165, 1.54) is 0 Å². The number of piperazine rings is 1. The second-order valence-corrected chi connectivity index (χ2v) is 9.72. The number of imidazole rings is 1. The standard InChI is InChI=1S/C21H28ClN5O4/c1-13(2)14-10-16(22)24-27-11-15(23-17(14)27)18(28)26-9-8-25(12-20(26,3)4)19(29)31-21(30)6-5-7-21/h10-11,13,30H,5-9,12H2,1-4H3. The van der Waals surface area contributed by atoms with Gasteiger partial charge in [-0.3, -0.25) is 4.79 Å². The lowest BCUT2D eigenvalue weighted by atomic mass is 9.91. The maximum Gasteiger partial charge on any atom is 0.412 e. The maximum absolute atomic E-state index is 13.3. The van der Waals surface area contributed by atoms with E-state index in [0.29, 0.717) is 43.3 Å². The molecule has 2 aromatic heterocycles. The van der Waals surface area contributed by atoms with Crippen molar-refractivity contribution >= 4 is 29.2 Å². The Morgan fingerprint density at radius 3 is 2.55 bits per heavy atom. The molecule has 168 valence electrons. The smallest absolute Gasteiger partial charge is 0.412 e. The van der Waals surface area contributed by atoms with Crippen LogP contribution in [0.3, 0.4) is 0 Å². The van der Waals surface area contributed by atoms with Crippen molar-refractivity contribution in [1.29, 1.82) is 0 Å². The molecule has 1 aliphatic carbocycles. The number of carbonyl (C=O) groups excluding carboxylic acids is 2. The quantitative estimate of drug-likeness (QED) is 0.723. The minimum absolute atomic E-state index is 0.171. The lowest BCUT2D eigenvalue weighted by molar-refractivity contribution is -0.216. The summed E-state index contributed by atoms with van der Waals surface area (Å²) < 4.78 is 6.82. The molecule has 1 saturated heterocycles. The van der Waals surface area contributed by atoms with Crippen molar-refractivity contribution in [3.8, 4) is 0 Å². The summed E-state index contributed by atoms with van der Waals surface area (Å²) in [5.74, 6) is -1.40. The molecule has 1 aliphatic heterocycles. The molecule has 2 fully saturated rings. The highest BCUT2D eigenvalue weighted by Crippen LogP contribution is 2.34. The van der Waals surface area contributed by atoms with Crippen LogP contribution in [0.4, 0.5) is 4.79 Å². The number of ether oxygens (including phenoxy) is 1. The van der Waals surface area contributed by atoms with E-state index in [9.17, 15) is 14.7 Å². The molecule has 1 saturated carbocycles. The number of hydrogen-bond acceptors (Lipinski definition) is 6. The van der Waals surface area contributed by atoms with Crippen LogP contribution >= 0.6 is 11.6 Å². The third-order valence-corrected chi connectivity index (χ3v) is 6.27. The highest BCUT2D eigenvalue weighted by molar-refractivity contribution is 6.29. The van der Waals surface area contributed by atoms with Crippen LogP contribution in [0, 0.1) is 0 Å². The maximum atomic E-state index is 13.3. The fourth-order valence-corrected chi connectivity index (χ4v) is 4.33. The summed E-state index contributed by atoms with van der Waals surface area (Å²) in [4.78, 5) is 33.6. The average Bonchev–Trinajstić information content (AvgIpc) is 3.08. The Morgan fingerprint density at radius 1 is 1.26 bits per heavy atom. The van der Waals surface area contributed by atoms with Gasteiger partial charge in [0.2, 0.25) is 5.79 Å². The SMILES string of the molecule is CC(C)c1cc(Cl)nn2cc(C(=O)N3CCN(C(=O)OC4(O)CCC4)CC3(C)C)nc12. The first kappa shape index (κ1) is 21.8. The lowest BCUT2D eigenvalue weighted by Gasteiger charge is -2.47. The van der Waals surface area contributed by atoms with Crippen molar-refractivity contribution in [3.63, 3.8) is 0 Å². The van der Waals surface area contributed by atoms with Crippen LogP contribution in [-0.2, 0) is 4.74 Å². The number of carbonyl (C=O) groups is 2. The van der Waals surface area contributed by atoms with Crippen molar-refractivity contribution in [2.75, 3.05) is 19.6 Å². The Balaban J connectivity index is 1.53. The number of halogens is 1. The molecular weight excluding hydrogens is 422 g/mol. The van der Waals surface area contributed by atoms with Gasteiger partial charge in [0.25, 0.3) is 5.91 Å². The highest BCUT2D eigenvalue weighted by Gasteiger charge is 2.44. The number of aromatic nitrogens is 3. The van der Waals surface area contributed by atoms with Crippen molar-refractivity contribution in [1.82, 2.24) is 24.4 Å². The molecule has 10 heteroatoms. The van der Waals surface area contributed by atoms with Gasteiger partial charge >= 0.3 is 6.09 Å². The molecule has 3 heterocycles. The minimum atomic E-state index is -1.34. The monoisotopic (exact) mass is 449 g/mol. The number of amides is 2. The van der Waals surface area contributed by atoms with Gasteiger partial charge in [-0.15, -0.1) is 0 Å². The van der Waals surface area contributed by atoms with Gasteiger partial charge in [-0.25, -0.2) is 14.3 Å². The molecule has 2 amide bonds. The van der Waals surface area contributed by atoms with Crippen molar-refractivity contribution in [3.05, 3.63) is 28.7 Å². The normalized spacial score (nSPS) is 20.1. The molecule has 2 aromatic rings. The Kier molecular flexibility index (Phi) is 5.37. The first-order valence-electron chi connectivity index (χ1n) is 10.6. The van der Waals surface area contributed by atoms with E-state index in [-0.39, 0.29) is 17.5 Å². The van der Waals surface area contributed by atoms with Crippen molar-refractivity contribution in [2.24, 2.45) is 0 Å². The number of rotatable bonds is 3. The summed E-state index contributed by atoms with van der Waals surface area (Å²) in [5, 5.41) is 14.7. The Labute approximate surface area is 185 Å². The van der Waals surface area contributed by atoms with Crippen LogP contribution < -0.4 is 0 Å². The Bertz CT molecular complexity index is 1030. The van der Waals surface area contributed by atoms with Gasteiger partial charge in [0.1, 0.15) is 10.8 Å². The van der Waals surface area contributed by atoms with E-state index >= 15 is 0 Å². The summed E-state index contributed by atoms with van der Waals surface area (Å²) in [6.07, 6.45) is 2.82. The molecule has 4 rings (SSSR count).